The van der Waals surface area contributed by atoms with Crippen molar-refractivity contribution in [2.45, 2.75) is 245 Å². The van der Waals surface area contributed by atoms with E-state index < -0.39 is 150 Å². The van der Waals surface area contributed by atoms with Gasteiger partial charge in [-0.05, 0) is 230 Å². The smallest absolute Gasteiger partial charge is 0.437 e. The summed E-state index contributed by atoms with van der Waals surface area (Å²) >= 11 is 0. The molecule has 0 amide bonds. The lowest BCUT2D eigenvalue weighted by Gasteiger charge is -2.55. The van der Waals surface area contributed by atoms with Crippen LogP contribution in [0.1, 0.15) is 210 Å². The first kappa shape index (κ1) is 74.1. The van der Waals surface area contributed by atoms with E-state index in [4.69, 9.17) is 23.7 Å². The molecule has 0 aliphatic heterocycles. The first-order valence-electron chi connectivity index (χ1n) is 32.8. The van der Waals surface area contributed by atoms with Gasteiger partial charge in [-0.2, -0.15) is 35.1 Å². The van der Waals surface area contributed by atoms with E-state index in [0.29, 0.717) is 93.3 Å². The standard InChI is InChI=1S/C23H32F4O6.C22H32F2O6.C21H30F2O6/c1-4-20(2,3)17(28)31-5-6-32-19(30)22(24,25)13-23(26,27)33-18(29)21-10-14-7-15(11-21)9-16(8-14)12-21;1-4-20(2,3)18(26)28-5-6-29-19(27)22(23,24)13-17(25)30-21-10-14-7-15(11-21)9-16(8-14)12-21;1-4-19(2,3)16(24)27-5-6-28-17(25)21(22,23)18(26)29-20-10-13-7-14(11-20)9-15(8-13)12-20/h14-16H,4-13H2,1-3H3;14-16H,4-13H2,1-3H3;13-15H,4-12H2,1-3H3. The minimum atomic E-state index is -4.59. The van der Waals surface area contributed by atoms with Crippen molar-refractivity contribution in [1.29, 1.82) is 0 Å². The molecule has 0 N–H and O–H groups in total. The average Bonchev–Trinajstić information content (AvgIpc) is 0.757. The fourth-order valence-electron chi connectivity index (χ4n) is 16.3. The molecule has 12 bridgehead atoms. The summed E-state index contributed by atoms with van der Waals surface area (Å²) in [5, 5.41) is 0. The highest BCUT2D eigenvalue weighted by atomic mass is 19.3. The molecule has 0 aromatic carbocycles. The van der Waals surface area contributed by atoms with E-state index in [1.807, 2.05) is 13.8 Å². The number of carbonyl (C=O) groups excluding carboxylic acids is 9. The molecule has 0 saturated heterocycles. The van der Waals surface area contributed by atoms with Gasteiger partial charge < -0.3 is 42.6 Å². The number of halogens is 8. The summed E-state index contributed by atoms with van der Waals surface area (Å²) in [7, 11) is 0. The van der Waals surface area contributed by atoms with Crippen molar-refractivity contribution >= 4 is 53.7 Å². The van der Waals surface area contributed by atoms with Crippen LogP contribution in [-0.4, -0.2) is 128 Å². The van der Waals surface area contributed by atoms with E-state index in [9.17, 15) is 78.3 Å². The number of rotatable bonds is 27. The minimum Gasteiger partial charge on any atom is -0.462 e. The van der Waals surface area contributed by atoms with Gasteiger partial charge in [-0.1, -0.05) is 20.8 Å². The predicted molar refractivity (Wildman–Crippen MR) is 308 cm³/mol. The van der Waals surface area contributed by atoms with Crippen molar-refractivity contribution < 1.29 is 121 Å². The predicted octanol–water partition coefficient (Wildman–Crippen LogP) is 12.6. The maximum Gasteiger partial charge on any atom is 0.437 e. The van der Waals surface area contributed by atoms with Crippen LogP contribution in [0.2, 0.25) is 0 Å². The molecule has 12 rings (SSSR count). The summed E-state index contributed by atoms with van der Waals surface area (Å²) < 4.78 is 157. The summed E-state index contributed by atoms with van der Waals surface area (Å²) in [4.78, 5) is 108. The first-order valence-corrected chi connectivity index (χ1v) is 32.8. The zero-order chi connectivity index (χ0) is 68.3. The van der Waals surface area contributed by atoms with Crippen LogP contribution in [0.4, 0.5) is 35.1 Å². The van der Waals surface area contributed by atoms with Crippen LogP contribution < -0.4 is 0 Å². The van der Waals surface area contributed by atoms with Gasteiger partial charge in [-0.3, -0.25) is 24.0 Å². The molecule has 0 spiro atoms. The summed E-state index contributed by atoms with van der Waals surface area (Å²) in [5.74, 6) is -21.0. The van der Waals surface area contributed by atoms with Crippen molar-refractivity contribution in [2.24, 2.45) is 74.9 Å². The van der Waals surface area contributed by atoms with Crippen LogP contribution in [0.25, 0.3) is 0 Å². The van der Waals surface area contributed by atoms with Gasteiger partial charge in [0.25, 0.3) is 0 Å². The molecular weight excluding hydrogens is 1230 g/mol. The molecule has 0 unspecified atom stereocenters. The number of hydrogen-bond donors (Lipinski definition) is 0. The Morgan fingerprint density at radius 2 is 0.630 bits per heavy atom. The van der Waals surface area contributed by atoms with Crippen LogP contribution in [0.15, 0.2) is 0 Å². The highest BCUT2D eigenvalue weighted by Gasteiger charge is 2.61. The van der Waals surface area contributed by atoms with Gasteiger partial charge >= 0.3 is 77.6 Å². The highest BCUT2D eigenvalue weighted by Crippen LogP contribution is 2.62. The molecule has 12 aliphatic rings. The van der Waals surface area contributed by atoms with E-state index in [1.54, 1.807) is 48.5 Å². The molecule has 12 saturated carbocycles. The maximum atomic E-state index is 14.3. The van der Waals surface area contributed by atoms with Crippen LogP contribution >= 0.6 is 0 Å². The minimum absolute atomic E-state index is 0.283. The number of esters is 9. The molecule has 0 atom stereocenters. The molecule has 92 heavy (non-hydrogen) atoms. The topological polar surface area (TPSA) is 237 Å². The van der Waals surface area contributed by atoms with Crippen molar-refractivity contribution in [1.82, 2.24) is 0 Å². The Balaban J connectivity index is 0.000000196. The number of ether oxygens (including phenoxy) is 9. The Labute approximate surface area is 532 Å². The monoisotopic (exact) mass is 1330 g/mol. The molecule has 0 aromatic rings. The van der Waals surface area contributed by atoms with Crippen LogP contribution in [0, 0.1) is 74.9 Å². The maximum absolute atomic E-state index is 14.3. The van der Waals surface area contributed by atoms with E-state index >= 15 is 0 Å². The van der Waals surface area contributed by atoms with Gasteiger partial charge in [0, 0.05) is 0 Å². The third-order valence-electron chi connectivity index (χ3n) is 21.2. The highest BCUT2D eigenvalue weighted by molar-refractivity contribution is 6.01. The van der Waals surface area contributed by atoms with Gasteiger partial charge in [-0.25, -0.2) is 19.2 Å². The Morgan fingerprint density at radius 1 is 0.359 bits per heavy atom. The van der Waals surface area contributed by atoms with Crippen molar-refractivity contribution in [3.05, 3.63) is 0 Å². The Bertz CT molecular complexity index is 2600. The largest absolute Gasteiger partial charge is 0.462 e. The van der Waals surface area contributed by atoms with E-state index in [2.05, 4.69) is 18.9 Å². The molecule has 0 aromatic heterocycles. The van der Waals surface area contributed by atoms with E-state index in [0.717, 1.165) is 77.0 Å². The Kier molecular flexibility index (Phi) is 23.0. The molecule has 18 nitrogen and oxygen atoms in total. The van der Waals surface area contributed by atoms with Crippen LogP contribution in [0.5, 0.6) is 0 Å². The lowest BCUT2D eigenvalue weighted by Crippen LogP contribution is -2.55. The van der Waals surface area contributed by atoms with Gasteiger partial charge in [0.05, 0.1) is 21.7 Å². The zero-order valence-corrected chi connectivity index (χ0v) is 54.6. The first-order chi connectivity index (χ1) is 42.6. The summed E-state index contributed by atoms with van der Waals surface area (Å²) in [6.07, 6.45) is 8.27. The Hall–Kier alpha value is -5.33. The second-order valence-corrected chi connectivity index (χ2v) is 30.2. The van der Waals surface area contributed by atoms with E-state index in [-0.39, 0.29) is 31.0 Å². The van der Waals surface area contributed by atoms with Crippen molar-refractivity contribution in [3.63, 3.8) is 0 Å². The SMILES string of the molecule is CCC(C)(C)C(=O)OCCOC(=O)C(F)(F)C(=O)OC12CC3CC(CC(C3)C1)C2.CCC(C)(C)C(=O)OCCOC(=O)C(F)(F)CC(=O)OC12CC3CC(CC(C3)C1)C2.CCC(C)(C)C(=O)OCCOC(=O)C(F)(F)CC(F)(F)OC(=O)C12CC3CC(CC(C3)C1)C2. The fraction of sp³-hybridized carbons (Fsp3) is 0.864. The number of carbonyl (C=O) groups is 9. The van der Waals surface area contributed by atoms with Crippen LogP contribution in [-0.2, 0) is 85.8 Å². The second-order valence-electron chi connectivity index (χ2n) is 30.2. The van der Waals surface area contributed by atoms with Crippen LogP contribution in [0.3, 0.4) is 0 Å². The second kappa shape index (κ2) is 28.5. The third kappa shape index (κ3) is 18.4. The Morgan fingerprint density at radius 3 is 0.946 bits per heavy atom. The lowest BCUT2D eigenvalue weighted by atomic mass is 9.49. The zero-order valence-electron chi connectivity index (χ0n) is 54.6. The molecule has 522 valence electrons. The summed E-state index contributed by atoms with van der Waals surface area (Å²) in [6, 6.07) is 0. The quantitative estimate of drug-likeness (QED) is 0.0244. The van der Waals surface area contributed by atoms with E-state index in [1.165, 1.54) is 0 Å². The molecular formula is C66H94F8O18. The molecule has 26 heteroatoms. The fourth-order valence-corrected chi connectivity index (χ4v) is 16.3. The molecule has 0 radical (unpaired) electrons. The van der Waals surface area contributed by atoms with Crippen molar-refractivity contribution in [2.75, 3.05) is 39.6 Å². The van der Waals surface area contributed by atoms with Gasteiger partial charge in [0.2, 0.25) is 0 Å². The molecule has 0 heterocycles. The van der Waals surface area contributed by atoms with Gasteiger partial charge in [0.15, 0.2) is 0 Å². The van der Waals surface area contributed by atoms with Crippen molar-refractivity contribution in [3.8, 4) is 0 Å². The number of hydrogen-bond acceptors (Lipinski definition) is 18. The summed E-state index contributed by atoms with van der Waals surface area (Å²) in [6.45, 7) is 12.5. The third-order valence-corrected chi connectivity index (χ3v) is 21.2. The number of alkyl halides is 8. The van der Waals surface area contributed by atoms with Gasteiger partial charge in [-0.15, -0.1) is 0 Å². The summed E-state index contributed by atoms with van der Waals surface area (Å²) in [5.41, 5.74) is -4.74. The lowest BCUT2D eigenvalue weighted by molar-refractivity contribution is -0.271. The van der Waals surface area contributed by atoms with Gasteiger partial charge in [0.1, 0.15) is 63.7 Å². The molecule has 12 fully saturated rings. The average molecular weight is 1330 g/mol. The molecule has 12 aliphatic carbocycles. The normalized spacial score (nSPS) is 29.9.